The number of rotatable bonds is 2. The highest BCUT2D eigenvalue weighted by Crippen LogP contribution is 2.51. The molecule has 0 bridgehead atoms. The van der Waals surface area contributed by atoms with Gasteiger partial charge in [0, 0.05) is 17.2 Å². The highest BCUT2D eigenvalue weighted by molar-refractivity contribution is 5.62. The third-order valence-corrected chi connectivity index (χ3v) is 4.97. The van der Waals surface area contributed by atoms with Crippen molar-refractivity contribution in [3.8, 4) is 11.8 Å². The molecule has 23 heavy (non-hydrogen) atoms. The first-order valence-electron chi connectivity index (χ1n) is 7.92. The van der Waals surface area contributed by atoms with Crippen molar-refractivity contribution < 1.29 is 4.74 Å². The van der Waals surface area contributed by atoms with Crippen molar-refractivity contribution in [1.29, 1.82) is 5.26 Å². The molecule has 3 atom stereocenters. The molecule has 4 rings (SSSR count). The standard InChI is InChI=1S/C20H18N2O/c1-23-19-8-3-2-5-16(19)20-15-7-4-6-14(15)17-11-13(12-21)9-10-18(17)22-20/h2-6,8-11,14-15,20,22H,7H2,1H3. The van der Waals surface area contributed by atoms with Crippen LogP contribution in [0.3, 0.4) is 0 Å². The van der Waals surface area contributed by atoms with Crippen molar-refractivity contribution >= 4 is 5.69 Å². The van der Waals surface area contributed by atoms with E-state index in [1.54, 1.807) is 7.11 Å². The van der Waals surface area contributed by atoms with Gasteiger partial charge in [-0.25, -0.2) is 0 Å². The average molecular weight is 302 g/mol. The van der Waals surface area contributed by atoms with Gasteiger partial charge in [0.1, 0.15) is 5.75 Å². The molecule has 0 spiro atoms. The van der Waals surface area contributed by atoms with Gasteiger partial charge in [0.05, 0.1) is 24.8 Å². The zero-order valence-electron chi connectivity index (χ0n) is 13.0. The van der Waals surface area contributed by atoms with Crippen LogP contribution >= 0.6 is 0 Å². The van der Waals surface area contributed by atoms with Gasteiger partial charge in [0.25, 0.3) is 0 Å². The maximum absolute atomic E-state index is 9.17. The van der Waals surface area contributed by atoms with Crippen LogP contribution in [0.5, 0.6) is 5.75 Å². The Hall–Kier alpha value is -2.73. The van der Waals surface area contributed by atoms with Crippen molar-refractivity contribution in [3.05, 3.63) is 71.3 Å². The van der Waals surface area contributed by atoms with Gasteiger partial charge in [0.15, 0.2) is 0 Å². The number of nitrogens with zero attached hydrogens (tertiary/aromatic N) is 1. The fourth-order valence-corrected chi connectivity index (χ4v) is 3.90. The van der Waals surface area contributed by atoms with Crippen LogP contribution in [0.4, 0.5) is 5.69 Å². The van der Waals surface area contributed by atoms with Crippen molar-refractivity contribution in [2.75, 3.05) is 12.4 Å². The largest absolute Gasteiger partial charge is 0.496 e. The molecular weight excluding hydrogens is 284 g/mol. The third-order valence-electron chi connectivity index (χ3n) is 4.97. The molecule has 2 aliphatic rings. The monoisotopic (exact) mass is 302 g/mol. The zero-order chi connectivity index (χ0) is 15.8. The van der Waals surface area contributed by atoms with E-state index in [1.165, 1.54) is 11.1 Å². The predicted octanol–water partition coefficient (Wildman–Crippen LogP) is 4.39. The number of hydrogen-bond donors (Lipinski definition) is 1. The zero-order valence-corrected chi connectivity index (χ0v) is 13.0. The summed E-state index contributed by atoms with van der Waals surface area (Å²) in [4.78, 5) is 0. The summed E-state index contributed by atoms with van der Waals surface area (Å²) in [5, 5.41) is 12.9. The minimum Gasteiger partial charge on any atom is -0.496 e. The molecule has 0 saturated heterocycles. The fourth-order valence-electron chi connectivity index (χ4n) is 3.90. The first-order valence-corrected chi connectivity index (χ1v) is 7.92. The van der Waals surface area contributed by atoms with Gasteiger partial charge in [-0.05, 0) is 42.2 Å². The van der Waals surface area contributed by atoms with E-state index in [-0.39, 0.29) is 6.04 Å². The smallest absolute Gasteiger partial charge is 0.124 e. The van der Waals surface area contributed by atoms with E-state index in [9.17, 15) is 5.26 Å². The maximum atomic E-state index is 9.17. The molecular formula is C20H18N2O. The third kappa shape index (κ3) is 2.19. The molecule has 0 fully saturated rings. The van der Waals surface area contributed by atoms with Gasteiger partial charge in [-0.2, -0.15) is 5.26 Å². The number of allylic oxidation sites excluding steroid dienone is 2. The van der Waals surface area contributed by atoms with Gasteiger partial charge in [-0.1, -0.05) is 30.4 Å². The Morgan fingerprint density at radius 3 is 2.87 bits per heavy atom. The first-order chi connectivity index (χ1) is 11.3. The summed E-state index contributed by atoms with van der Waals surface area (Å²) >= 11 is 0. The highest BCUT2D eigenvalue weighted by Gasteiger charge is 2.38. The van der Waals surface area contributed by atoms with E-state index < -0.39 is 0 Å². The Morgan fingerprint density at radius 2 is 2.04 bits per heavy atom. The van der Waals surface area contributed by atoms with Crippen molar-refractivity contribution in [1.82, 2.24) is 0 Å². The van der Waals surface area contributed by atoms with Crippen LogP contribution in [0.25, 0.3) is 0 Å². The number of hydrogen-bond acceptors (Lipinski definition) is 3. The summed E-state index contributed by atoms with van der Waals surface area (Å²) in [7, 11) is 1.72. The number of fused-ring (bicyclic) bond motifs is 3. The quantitative estimate of drug-likeness (QED) is 0.837. The molecule has 1 heterocycles. The number of methoxy groups -OCH3 is 1. The van der Waals surface area contributed by atoms with Gasteiger partial charge in [-0.15, -0.1) is 0 Å². The number of nitrogens with one attached hydrogen (secondary N) is 1. The molecule has 2 aromatic carbocycles. The van der Waals surface area contributed by atoms with Gasteiger partial charge in [0.2, 0.25) is 0 Å². The van der Waals surface area contributed by atoms with E-state index in [0.29, 0.717) is 11.8 Å². The van der Waals surface area contributed by atoms with E-state index in [4.69, 9.17) is 4.74 Å². The minimum atomic E-state index is 0.214. The van der Waals surface area contributed by atoms with Gasteiger partial charge in [-0.3, -0.25) is 0 Å². The summed E-state index contributed by atoms with van der Waals surface area (Å²) in [5.74, 6) is 1.73. The van der Waals surface area contributed by atoms with Crippen LogP contribution in [-0.4, -0.2) is 7.11 Å². The molecule has 0 saturated carbocycles. The second kappa shape index (κ2) is 5.48. The molecule has 0 aromatic heterocycles. The predicted molar refractivity (Wildman–Crippen MR) is 90.5 cm³/mol. The molecule has 3 unspecified atom stereocenters. The lowest BCUT2D eigenvalue weighted by molar-refractivity contribution is 0.381. The Bertz CT molecular complexity index is 819. The van der Waals surface area contributed by atoms with E-state index in [2.05, 4.69) is 35.7 Å². The maximum Gasteiger partial charge on any atom is 0.124 e. The summed E-state index contributed by atoms with van der Waals surface area (Å²) in [6.07, 6.45) is 5.58. The molecule has 1 aliphatic carbocycles. The summed E-state index contributed by atoms with van der Waals surface area (Å²) in [6, 6.07) is 16.6. The van der Waals surface area contributed by atoms with E-state index in [1.807, 2.05) is 30.3 Å². The molecule has 3 nitrogen and oxygen atoms in total. The Balaban J connectivity index is 1.81. The lowest BCUT2D eigenvalue weighted by Gasteiger charge is -2.38. The normalized spacial score (nSPS) is 24.3. The average Bonchev–Trinajstić information content (AvgIpc) is 3.10. The molecule has 2 aromatic rings. The molecule has 0 amide bonds. The van der Waals surface area contributed by atoms with Crippen LogP contribution in [0.15, 0.2) is 54.6 Å². The minimum absolute atomic E-state index is 0.214. The second-order valence-corrected chi connectivity index (χ2v) is 6.13. The van der Waals surface area contributed by atoms with E-state index >= 15 is 0 Å². The second-order valence-electron chi connectivity index (χ2n) is 6.13. The SMILES string of the molecule is COc1ccccc1C1Nc2ccc(C#N)cc2C2C=CCC21. The number of para-hydroxylation sites is 1. The van der Waals surface area contributed by atoms with Crippen LogP contribution in [0.1, 0.15) is 35.1 Å². The Morgan fingerprint density at radius 1 is 1.17 bits per heavy atom. The molecule has 1 aliphatic heterocycles. The first kappa shape index (κ1) is 13.9. The van der Waals surface area contributed by atoms with Crippen LogP contribution in [-0.2, 0) is 0 Å². The molecule has 0 radical (unpaired) electrons. The van der Waals surface area contributed by atoms with Crippen LogP contribution in [0.2, 0.25) is 0 Å². The van der Waals surface area contributed by atoms with Crippen LogP contribution < -0.4 is 10.1 Å². The number of nitriles is 1. The number of anilines is 1. The molecule has 114 valence electrons. The summed E-state index contributed by atoms with van der Waals surface area (Å²) < 4.78 is 5.57. The van der Waals surface area contributed by atoms with Crippen molar-refractivity contribution in [3.63, 3.8) is 0 Å². The fraction of sp³-hybridized carbons (Fsp3) is 0.250. The molecule has 3 heteroatoms. The summed E-state index contributed by atoms with van der Waals surface area (Å²) in [6.45, 7) is 0. The summed E-state index contributed by atoms with van der Waals surface area (Å²) in [5.41, 5.74) is 4.27. The Labute approximate surface area is 136 Å². The number of benzene rings is 2. The van der Waals surface area contributed by atoms with Crippen molar-refractivity contribution in [2.24, 2.45) is 5.92 Å². The van der Waals surface area contributed by atoms with Crippen LogP contribution in [0, 0.1) is 17.2 Å². The lowest BCUT2D eigenvalue weighted by atomic mass is 9.76. The molecule has 1 N–H and O–H groups in total. The van der Waals surface area contributed by atoms with Crippen molar-refractivity contribution in [2.45, 2.75) is 18.4 Å². The highest BCUT2D eigenvalue weighted by atomic mass is 16.5. The van der Waals surface area contributed by atoms with E-state index in [0.717, 1.165) is 23.4 Å². The van der Waals surface area contributed by atoms with Gasteiger partial charge < -0.3 is 10.1 Å². The van der Waals surface area contributed by atoms with Gasteiger partial charge >= 0.3 is 0 Å². The Kier molecular flexibility index (Phi) is 3.31. The topological polar surface area (TPSA) is 45.0 Å². The number of ether oxygens (including phenoxy) is 1. The lowest BCUT2D eigenvalue weighted by Crippen LogP contribution is -2.29.